The Kier molecular flexibility index (Phi) is 6.79. The van der Waals surface area contributed by atoms with Crippen molar-refractivity contribution in [2.24, 2.45) is 5.92 Å². The molecule has 0 radical (unpaired) electrons. The molecule has 0 spiro atoms. The minimum atomic E-state index is -0.269. The van der Waals surface area contributed by atoms with E-state index in [-0.39, 0.29) is 17.6 Å². The van der Waals surface area contributed by atoms with Crippen LogP contribution in [-0.4, -0.2) is 67.4 Å². The van der Waals surface area contributed by atoms with Crippen LogP contribution in [0, 0.1) is 11.7 Å². The first-order valence-electron chi connectivity index (χ1n) is 12.1. The topological polar surface area (TPSA) is 61.8 Å². The summed E-state index contributed by atoms with van der Waals surface area (Å²) in [5, 5.41) is 8.71. The maximum absolute atomic E-state index is 13.2. The second-order valence-corrected chi connectivity index (χ2v) is 9.06. The zero-order chi connectivity index (χ0) is 24.2. The summed E-state index contributed by atoms with van der Waals surface area (Å²) in [4.78, 5) is 19.7. The molecule has 3 heterocycles. The van der Waals surface area contributed by atoms with Gasteiger partial charge >= 0.3 is 0 Å². The smallest absolute Gasteiger partial charge is 0.225 e. The molecule has 35 heavy (non-hydrogen) atoms. The Morgan fingerprint density at radius 2 is 1.63 bits per heavy atom. The van der Waals surface area contributed by atoms with E-state index in [1.165, 1.54) is 12.1 Å². The fourth-order valence-corrected chi connectivity index (χ4v) is 4.87. The zero-order valence-electron chi connectivity index (χ0n) is 19.9. The monoisotopic (exact) mass is 475 g/mol. The van der Waals surface area contributed by atoms with Gasteiger partial charge < -0.3 is 19.4 Å². The van der Waals surface area contributed by atoms with Crippen LogP contribution in [0.3, 0.4) is 0 Å². The standard InChI is InChI=1S/C27H30FN5O2/c1-35-24-4-2-3-23(19-24)31-15-17-33(18-16-31)27(34)21-11-13-32(14-12-21)26-10-9-25(29-30-26)20-5-7-22(28)8-6-20/h2-10,19,21H,11-18H2,1H3. The Morgan fingerprint density at radius 1 is 0.886 bits per heavy atom. The molecule has 7 nitrogen and oxygen atoms in total. The molecule has 8 heteroatoms. The number of methoxy groups -OCH3 is 1. The number of benzene rings is 2. The quantitative estimate of drug-likeness (QED) is 0.559. The van der Waals surface area contributed by atoms with Crippen LogP contribution < -0.4 is 14.5 Å². The number of piperazine rings is 1. The van der Waals surface area contributed by atoms with Gasteiger partial charge in [0.1, 0.15) is 11.6 Å². The first-order valence-corrected chi connectivity index (χ1v) is 12.1. The third-order valence-electron chi connectivity index (χ3n) is 6.97. The molecule has 2 fully saturated rings. The van der Waals surface area contributed by atoms with Gasteiger partial charge in [-0.2, -0.15) is 0 Å². The third-order valence-corrected chi connectivity index (χ3v) is 6.97. The molecule has 2 saturated heterocycles. The highest BCUT2D eigenvalue weighted by atomic mass is 19.1. The number of carbonyl (C=O) groups is 1. The number of aromatic nitrogens is 2. The molecule has 0 unspecified atom stereocenters. The maximum atomic E-state index is 13.2. The van der Waals surface area contributed by atoms with Crippen molar-refractivity contribution in [1.29, 1.82) is 0 Å². The average Bonchev–Trinajstić information content (AvgIpc) is 2.93. The highest BCUT2D eigenvalue weighted by Gasteiger charge is 2.31. The van der Waals surface area contributed by atoms with E-state index in [2.05, 4.69) is 26.1 Å². The number of ether oxygens (including phenoxy) is 1. The van der Waals surface area contributed by atoms with Gasteiger partial charge in [-0.15, -0.1) is 10.2 Å². The van der Waals surface area contributed by atoms with Gasteiger partial charge in [0.2, 0.25) is 5.91 Å². The number of amides is 1. The van der Waals surface area contributed by atoms with Crippen LogP contribution in [-0.2, 0) is 4.79 Å². The van der Waals surface area contributed by atoms with E-state index in [1.54, 1.807) is 19.2 Å². The Hall–Kier alpha value is -3.68. The normalized spacial score (nSPS) is 16.9. The molecule has 3 aromatic rings. The molecule has 5 rings (SSSR count). The van der Waals surface area contributed by atoms with Crippen molar-refractivity contribution in [3.63, 3.8) is 0 Å². The van der Waals surface area contributed by atoms with Crippen LogP contribution in [0.25, 0.3) is 11.3 Å². The number of carbonyl (C=O) groups excluding carboxylic acids is 1. The summed E-state index contributed by atoms with van der Waals surface area (Å²) in [5.74, 6) is 1.72. The molecule has 0 bridgehead atoms. The largest absolute Gasteiger partial charge is 0.497 e. The molecule has 2 aliphatic heterocycles. The van der Waals surface area contributed by atoms with Crippen molar-refractivity contribution < 1.29 is 13.9 Å². The molecule has 0 N–H and O–H groups in total. The lowest BCUT2D eigenvalue weighted by Crippen LogP contribution is -2.51. The highest BCUT2D eigenvalue weighted by molar-refractivity contribution is 5.79. The van der Waals surface area contributed by atoms with Gasteiger partial charge in [-0.3, -0.25) is 4.79 Å². The summed E-state index contributed by atoms with van der Waals surface area (Å²) < 4.78 is 18.5. The Balaban J connectivity index is 1.12. The number of rotatable bonds is 5. The molecule has 0 aliphatic carbocycles. The number of anilines is 2. The van der Waals surface area contributed by atoms with E-state index in [0.29, 0.717) is 5.69 Å². The molecule has 182 valence electrons. The average molecular weight is 476 g/mol. The Bertz CT molecular complexity index is 1140. The predicted molar refractivity (Wildman–Crippen MR) is 134 cm³/mol. The first kappa shape index (κ1) is 23.1. The van der Waals surface area contributed by atoms with Crippen LogP contribution in [0.5, 0.6) is 5.75 Å². The molecule has 1 amide bonds. The summed E-state index contributed by atoms with van der Waals surface area (Å²) in [6.45, 7) is 4.70. The van der Waals surface area contributed by atoms with E-state index in [1.807, 2.05) is 35.2 Å². The zero-order valence-corrected chi connectivity index (χ0v) is 19.9. The van der Waals surface area contributed by atoms with Crippen LogP contribution in [0.4, 0.5) is 15.9 Å². The van der Waals surface area contributed by atoms with Crippen molar-refractivity contribution in [3.05, 3.63) is 66.5 Å². The van der Waals surface area contributed by atoms with Crippen molar-refractivity contribution in [2.75, 3.05) is 56.2 Å². The van der Waals surface area contributed by atoms with Crippen molar-refractivity contribution >= 4 is 17.4 Å². The van der Waals surface area contributed by atoms with E-state index < -0.39 is 0 Å². The minimum absolute atomic E-state index is 0.0565. The highest BCUT2D eigenvalue weighted by Crippen LogP contribution is 2.26. The first-order chi connectivity index (χ1) is 17.1. The second-order valence-electron chi connectivity index (χ2n) is 9.06. The number of hydrogen-bond acceptors (Lipinski definition) is 6. The minimum Gasteiger partial charge on any atom is -0.497 e. The van der Waals surface area contributed by atoms with Crippen LogP contribution in [0.2, 0.25) is 0 Å². The number of piperidine rings is 1. The van der Waals surface area contributed by atoms with Crippen molar-refractivity contribution in [1.82, 2.24) is 15.1 Å². The predicted octanol–water partition coefficient (Wildman–Crippen LogP) is 3.86. The summed E-state index contributed by atoms with van der Waals surface area (Å²) in [7, 11) is 1.68. The molecule has 0 saturated carbocycles. The second kappa shape index (κ2) is 10.3. The third kappa shape index (κ3) is 5.21. The molecule has 2 aliphatic rings. The van der Waals surface area contributed by atoms with E-state index in [0.717, 1.165) is 74.9 Å². The van der Waals surface area contributed by atoms with Gasteiger partial charge in [0.15, 0.2) is 5.82 Å². The fraction of sp³-hybridized carbons (Fsp3) is 0.370. The molecular formula is C27H30FN5O2. The van der Waals surface area contributed by atoms with E-state index >= 15 is 0 Å². The number of halogens is 1. The van der Waals surface area contributed by atoms with Gasteiger partial charge in [-0.25, -0.2) is 4.39 Å². The Morgan fingerprint density at radius 3 is 2.29 bits per heavy atom. The van der Waals surface area contributed by atoms with Crippen LogP contribution in [0.15, 0.2) is 60.7 Å². The lowest BCUT2D eigenvalue weighted by molar-refractivity contribution is -0.136. The van der Waals surface area contributed by atoms with E-state index in [4.69, 9.17) is 4.74 Å². The number of hydrogen-bond donors (Lipinski definition) is 0. The lowest BCUT2D eigenvalue weighted by Gasteiger charge is -2.39. The number of nitrogens with zero attached hydrogens (tertiary/aromatic N) is 5. The molecule has 2 aromatic carbocycles. The summed E-state index contributed by atoms with van der Waals surface area (Å²) >= 11 is 0. The summed E-state index contributed by atoms with van der Waals surface area (Å²) in [6, 6.07) is 18.2. The van der Waals surface area contributed by atoms with Crippen molar-refractivity contribution in [3.8, 4) is 17.0 Å². The van der Waals surface area contributed by atoms with Crippen LogP contribution in [0.1, 0.15) is 12.8 Å². The van der Waals surface area contributed by atoms with Crippen molar-refractivity contribution in [2.45, 2.75) is 12.8 Å². The molecular weight excluding hydrogens is 445 g/mol. The van der Waals surface area contributed by atoms with Gasteiger partial charge in [0.25, 0.3) is 0 Å². The van der Waals surface area contributed by atoms with E-state index in [9.17, 15) is 9.18 Å². The summed E-state index contributed by atoms with van der Waals surface area (Å²) in [6.07, 6.45) is 1.63. The summed E-state index contributed by atoms with van der Waals surface area (Å²) in [5.41, 5.74) is 2.68. The van der Waals surface area contributed by atoms with Crippen LogP contribution >= 0.6 is 0 Å². The Labute approximate surface area is 205 Å². The lowest BCUT2D eigenvalue weighted by atomic mass is 9.95. The van der Waals surface area contributed by atoms with Gasteiger partial charge in [0.05, 0.1) is 12.8 Å². The molecule has 0 atom stereocenters. The maximum Gasteiger partial charge on any atom is 0.225 e. The van der Waals surface area contributed by atoms with Gasteiger partial charge in [-0.1, -0.05) is 6.07 Å². The fourth-order valence-electron chi connectivity index (χ4n) is 4.87. The van der Waals surface area contributed by atoms with Gasteiger partial charge in [-0.05, 0) is 61.4 Å². The van der Waals surface area contributed by atoms with Gasteiger partial charge in [0, 0.05) is 62.5 Å². The SMILES string of the molecule is COc1cccc(N2CCN(C(=O)C3CCN(c4ccc(-c5ccc(F)cc5)nn4)CC3)CC2)c1. The molecule has 1 aromatic heterocycles.